The van der Waals surface area contributed by atoms with Crippen molar-refractivity contribution in [2.75, 3.05) is 38.7 Å². The molecule has 1 aromatic rings. The maximum absolute atomic E-state index is 11.6. The zero-order valence-electron chi connectivity index (χ0n) is 10.9. The number of ether oxygens (including phenoxy) is 2. The maximum atomic E-state index is 11.6. The van der Waals surface area contributed by atoms with Crippen molar-refractivity contribution >= 4 is 11.6 Å². The molecule has 100 valence electrons. The highest BCUT2D eigenvalue weighted by atomic mass is 16.5. The molecule has 18 heavy (non-hydrogen) atoms. The highest BCUT2D eigenvalue weighted by Gasteiger charge is 2.01. The smallest absolute Gasteiger partial charge is 0.238 e. The van der Waals surface area contributed by atoms with E-state index in [0.717, 1.165) is 11.4 Å². The number of carbonyl (C=O) groups excluding carboxylic acids is 1. The Balaban J connectivity index is 2.22. The minimum Gasteiger partial charge on any atom is -0.497 e. The summed E-state index contributed by atoms with van der Waals surface area (Å²) in [4.78, 5) is 11.6. The number of methoxy groups -OCH3 is 1. The van der Waals surface area contributed by atoms with Gasteiger partial charge in [-0.25, -0.2) is 0 Å². The van der Waals surface area contributed by atoms with E-state index in [1.807, 2.05) is 6.92 Å². The lowest BCUT2D eigenvalue weighted by Gasteiger charge is -2.07. The highest BCUT2D eigenvalue weighted by Crippen LogP contribution is 2.14. The van der Waals surface area contributed by atoms with Crippen molar-refractivity contribution in [1.82, 2.24) is 5.32 Å². The molecule has 0 aliphatic carbocycles. The van der Waals surface area contributed by atoms with Gasteiger partial charge in [0.1, 0.15) is 5.75 Å². The second kappa shape index (κ2) is 8.49. The normalized spacial score (nSPS) is 10.1. The first-order valence-corrected chi connectivity index (χ1v) is 5.98. The van der Waals surface area contributed by atoms with Crippen LogP contribution in [0.2, 0.25) is 0 Å². The molecule has 0 aromatic heterocycles. The molecule has 0 unspecified atom stereocenters. The first-order chi connectivity index (χ1) is 8.76. The monoisotopic (exact) mass is 252 g/mol. The van der Waals surface area contributed by atoms with Crippen LogP contribution >= 0.6 is 0 Å². The number of nitrogens with one attached hydrogen (secondary N) is 2. The maximum Gasteiger partial charge on any atom is 0.238 e. The van der Waals surface area contributed by atoms with E-state index in [1.165, 1.54) is 0 Å². The van der Waals surface area contributed by atoms with Gasteiger partial charge in [0.2, 0.25) is 5.91 Å². The van der Waals surface area contributed by atoms with E-state index in [4.69, 9.17) is 9.47 Å². The first-order valence-electron chi connectivity index (χ1n) is 5.98. The van der Waals surface area contributed by atoms with Gasteiger partial charge < -0.3 is 20.1 Å². The summed E-state index contributed by atoms with van der Waals surface area (Å²) >= 11 is 0. The van der Waals surface area contributed by atoms with Gasteiger partial charge in [-0.2, -0.15) is 0 Å². The Labute approximate surface area is 107 Å². The van der Waals surface area contributed by atoms with Gasteiger partial charge in [0, 0.05) is 18.8 Å². The van der Waals surface area contributed by atoms with Crippen molar-refractivity contribution < 1.29 is 14.3 Å². The van der Waals surface area contributed by atoms with Gasteiger partial charge in [-0.05, 0) is 31.2 Å². The van der Waals surface area contributed by atoms with Crippen molar-refractivity contribution in [3.8, 4) is 5.75 Å². The Morgan fingerprint density at radius 1 is 1.28 bits per heavy atom. The SMILES string of the molecule is CCOCCNCC(=O)Nc1ccc(OC)cc1. The predicted octanol–water partition coefficient (Wildman–Crippen LogP) is 1.26. The minimum absolute atomic E-state index is 0.0725. The molecular formula is C13H20N2O3. The van der Waals surface area contributed by atoms with E-state index in [9.17, 15) is 4.79 Å². The summed E-state index contributed by atoms with van der Waals surface area (Å²) < 4.78 is 10.2. The molecule has 5 heteroatoms. The van der Waals surface area contributed by atoms with Crippen LogP contribution in [-0.2, 0) is 9.53 Å². The summed E-state index contributed by atoms with van der Waals surface area (Å²) in [6.07, 6.45) is 0. The summed E-state index contributed by atoms with van der Waals surface area (Å²) in [5.41, 5.74) is 0.757. The van der Waals surface area contributed by atoms with Crippen LogP contribution in [0.1, 0.15) is 6.92 Å². The second-order valence-electron chi connectivity index (χ2n) is 3.65. The molecule has 0 fully saturated rings. The largest absolute Gasteiger partial charge is 0.497 e. The van der Waals surface area contributed by atoms with Crippen molar-refractivity contribution in [1.29, 1.82) is 0 Å². The van der Waals surface area contributed by atoms with Gasteiger partial charge in [-0.3, -0.25) is 4.79 Å². The Kier molecular flexibility index (Phi) is 6.83. The predicted molar refractivity (Wildman–Crippen MR) is 71.0 cm³/mol. The van der Waals surface area contributed by atoms with Crippen LogP contribution in [0.25, 0.3) is 0 Å². The molecule has 1 rings (SSSR count). The van der Waals surface area contributed by atoms with Crippen LogP contribution < -0.4 is 15.4 Å². The van der Waals surface area contributed by atoms with Crippen LogP contribution in [0.4, 0.5) is 5.69 Å². The van der Waals surface area contributed by atoms with Gasteiger partial charge in [0.25, 0.3) is 0 Å². The molecule has 0 spiro atoms. The number of hydrogen-bond donors (Lipinski definition) is 2. The number of benzene rings is 1. The van der Waals surface area contributed by atoms with Crippen LogP contribution in [0.5, 0.6) is 5.75 Å². The van der Waals surface area contributed by atoms with Crippen LogP contribution in [0.15, 0.2) is 24.3 Å². The number of carbonyl (C=O) groups is 1. The van der Waals surface area contributed by atoms with E-state index in [1.54, 1.807) is 31.4 Å². The quantitative estimate of drug-likeness (QED) is 0.684. The zero-order valence-corrected chi connectivity index (χ0v) is 10.9. The topological polar surface area (TPSA) is 59.6 Å². The van der Waals surface area contributed by atoms with Gasteiger partial charge in [0.15, 0.2) is 0 Å². The molecule has 0 aliphatic rings. The Morgan fingerprint density at radius 2 is 2.00 bits per heavy atom. The first kappa shape index (κ1) is 14.5. The lowest BCUT2D eigenvalue weighted by molar-refractivity contribution is -0.115. The molecule has 1 aromatic carbocycles. The minimum atomic E-state index is -0.0725. The third kappa shape index (κ3) is 5.65. The summed E-state index contributed by atoms with van der Waals surface area (Å²) in [6.45, 7) is 4.20. The molecule has 0 radical (unpaired) electrons. The lowest BCUT2D eigenvalue weighted by Crippen LogP contribution is -2.30. The zero-order chi connectivity index (χ0) is 13.2. The molecule has 0 atom stereocenters. The summed E-state index contributed by atoms with van der Waals surface area (Å²) in [6, 6.07) is 7.21. The fraction of sp³-hybridized carbons (Fsp3) is 0.462. The second-order valence-corrected chi connectivity index (χ2v) is 3.65. The molecule has 0 aliphatic heterocycles. The van der Waals surface area contributed by atoms with Gasteiger partial charge in [-0.15, -0.1) is 0 Å². The van der Waals surface area contributed by atoms with Crippen LogP contribution in [0, 0.1) is 0 Å². The molecule has 5 nitrogen and oxygen atoms in total. The van der Waals surface area contributed by atoms with Crippen molar-refractivity contribution in [3.05, 3.63) is 24.3 Å². The van der Waals surface area contributed by atoms with Gasteiger partial charge in [-0.1, -0.05) is 0 Å². The Hall–Kier alpha value is -1.59. The third-order valence-electron chi connectivity index (χ3n) is 2.29. The number of rotatable bonds is 8. The number of hydrogen-bond acceptors (Lipinski definition) is 4. The highest BCUT2D eigenvalue weighted by molar-refractivity contribution is 5.92. The van der Waals surface area contributed by atoms with Crippen molar-refractivity contribution in [3.63, 3.8) is 0 Å². The fourth-order valence-corrected chi connectivity index (χ4v) is 1.37. The van der Waals surface area contributed by atoms with Gasteiger partial charge >= 0.3 is 0 Å². The molecule has 0 saturated carbocycles. The van der Waals surface area contributed by atoms with Crippen molar-refractivity contribution in [2.24, 2.45) is 0 Å². The number of amides is 1. The molecular weight excluding hydrogens is 232 g/mol. The summed E-state index contributed by atoms with van der Waals surface area (Å²) in [7, 11) is 1.61. The molecule has 0 heterocycles. The molecule has 1 amide bonds. The standard InChI is InChI=1S/C13H20N2O3/c1-3-18-9-8-14-10-13(16)15-11-4-6-12(17-2)7-5-11/h4-7,14H,3,8-10H2,1-2H3,(H,15,16). The van der Waals surface area contributed by atoms with E-state index < -0.39 is 0 Å². The van der Waals surface area contributed by atoms with E-state index >= 15 is 0 Å². The number of anilines is 1. The van der Waals surface area contributed by atoms with Crippen molar-refractivity contribution in [2.45, 2.75) is 6.92 Å². The van der Waals surface area contributed by atoms with E-state index in [2.05, 4.69) is 10.6 Å². The van der Waals surface area contributed by atoms with Gasteiger partial charge in [0.05, 0.1) is 20.3 Å². The van der Waals surface area contributed by atoms with Crippen LogP contribution in [0.3, 0.4) is 0 Å². The summed E-state index contributed by atoms with van der Waals surface area (Å²) in [5, 5.41) is 5.79. The van der Waals surface area contributed by atoms with E-state index in [-0.39, 0.29) is 12.5 Å². The average molecular weight is 252 g/mol. The summed E-state index contributed by atoms with van der Waals surface area (Å²) in [5.74, 6) is 0.694. The molecule has 0 bridgehead atoms. The van der Waals surface area contributed by atoms with Crippen LogP contribution in [-0.4, -0.2) is 39.3 Å². The molecule has 0 saturated heterocycles. The molecule has 2 N–H and O–H groups in total. The van der Waals surface area contributed by atoms with E-state index in [0.29, 0.717) is 19.8 Å². The average Bonchev–Trinajstić information content (AvgIpc) is 2.39. The fourth-order valence-electron chi connectivity index (χ4n) is 1.37. The Morgan fingerprint density at radius 3 is 2.61 bits per heavy atom. The third-order valence-corrected chi connectivity index (χ3v) is 2.29. The lowest BCUT2D eigenvalue weighted by atomic mass is 10.3. The Bertz CT molecular complexity index is 352.